The molecule has 2 rings (SSSR count). The first kappa shape index (κ1) is 16.6. The van der Waals surface area contributed by atoms with Crippen molar-refractivity contribution in [2.45, 2.75) is 38.9 Å². The van der Waals surface area contributed by atoms with Gasteiger partial charge < -0.3 is 20.1 Å². The predicted octanol–water partition coefficient (Wildman–Crippen LogP) is 2.15. The molecule has 0 amide bonds. The van der Waals surface area contributed by atoms with Gasteiger partial charge in [0, 0.05) is 0 Å². The molecule has 1 fully saturated rings. The summed E-state index contributed by atoms with van der Waals surface area (Å²) in [7, 11) is -0.605. The average molecular weight is 300 g/mol. The molecule has 1 saturated heterocycles. The van der Waals surface area contributed by atoms with Crippen LogP contribution in [0.2, 0.25) is 0 Å². The van der Waals surface area contributed by atoms with E-state index in [4.69, 9.17) is 20.3 Å². The van der Waals surface area contributed by atoms with E-state index in [9.17, 15) is 5.11 Å². The fourth-order valence-corrected chi connectivity index (χ4v) is 2.17. The first-order valence-electron chi connectivity index (χ1n) is 7.17. The van der Waals surface area contributed by atoms with Gasteiger partial charge in [0.1, 0.15) is 6.07 Å². The molecule has 1 aromatic carbocycles. The van der Waals surface area contributed by atoms with Gasteiger partial charge in [0.25, 0.3) is 0 Å². The van der Waals surface area contributed by atoms with E-state index in [0.29, 0.717) is 16.7 Å². The Morgan fingerprint density at radius 2 is 1.91 bits per heavy atom. The zero-order valence-electron chi connectivity index (χ0n) is 13.4. The lowest BCUT2D eigenvalue weighted by molar-refractivity contribution is 0.00578. The summed E-state index contributed by atoms with van der Waals surface area (Å²) >= 11 is 0. The van der Waals surface area contributed by atoms with Crippen LogP contribution < -0.4 is 5.73 Å². The van der Waals surface area contributed by atoms with Crippen LogP contribution in [0.15, 0.2) is 23.7 Å². The Bertz CT molecular complexity index is 631. The zero-order valence-corrected chi connectivity index (χ0v) is 13.4. The molecule has 0 aromatic heterocycles. The number of aliphatic hydroxyl groups excluding tert-OH is 1. The Balaban J connectivity index is 2.30. The predicted molar refractivity (Wildman–Crippen MR) is 86.7 cm³/mol. The van der Waals surface area contributed by atoms with E-state index in [1.807, 2.05) is 33.8 Å². The minimum Gasteiger partial charge on any atom is -0.400 e. The molecule has 0 unspecified atom stereocenters. The standard InChI is InChI=1S/C16H21BN2O3/c1-15(2)16(3,4)22-17(21-15)13(10-20)7-11-5-6-12(9-18)14(19)8-11/h5-8,20H,10,19H2,1-4H3. The van der Waals surface area contributed by atoms with Crippen molar-refractivity contribution in [3.05, 3.63) is 34.8 Å². The van der Waals surface area contributed by atoms with Gasteiger partial charge in [0.05, 0.1) is 29.1 Å². The molecule has 3 N–H and O–H groups in total. The summed E-state index contributed by atoms with van der Waals surface area (Å²) in [6.07, 6.45) is 1.78. The van der Waals surface area contributed by atoms with Gasteiger partial charge in [-0.05, 0) is 50.9 Å². The summed E-state index contributed by atoms with van der Waals surface area (Å²) in [6, 6.07) is 7.14. The van der Waals surface area contributed by atoms with E-state index in [1.165, 1.54) is 0 Å². The number of rotatable bonds is 3. The minimum absolute atomic E-state index is 0.184. The fraction of sp³-hybridized carbons (Fsp3) is 0.438. The van der Waals surface area contributed by atoms with Gasteiger partial charge in [-0.2, -0.15) is 5.26 Å². The summed E-state index contributed by atoms with van der Waals surface area (Å²) in [6.45, 7) is 7.66. The van der Waals surface area contributed by atoms with Crippen molar-refractivity contribution in [1.29, 1.82) is 5.26 Å². The second-order valence-corrected chi connectivity index (χ2v) is 6.42. The number of anilines is 1. The van der Waals surface area contributed by atoms with E-state index in [-0.39, 0.29) is 6.61 Å². The molecular weight excluding hydrogens is 279 g/mol. The van der Waals surface area contributed by atoms with E-state index in [0.717, 1.165) is 5.56 Å². The first-order valence-corrected chi connectivity index (χ1v) is 7.17. The summed E-state index contributed by atoms with van der Waals surface area (Å²) in [5.41, 5.74) is 7.12. The normalized spacial score (nSPS) is 20.0. The van der Waals surface area contributed by atoms with Crippen LogP contribution in [0, 0.1) is 11.3 Å². The average Bonchev–Trinajstić information content (AvgIpc) is 2.65. The highest BCUT2D eigenvalue weighted by Crippen LogP contribution is 2.38. The van der Waals surface area contributed by atoms with Gasteiger partial charge in [0.2, 0.25) is 0 Å². The van der Waals surface area contributed by atoms with Crippen molar-refractivity contribution >= 4 is 18.9 Å². The monoisotopic (exact) mass is 300 g/mol. The molecule has 1 aliphatic rings. The molecule has 5 nitrogen and oxygen atoms in total. The Labute approximate surface area is 131 Å². The molecule has 0 bridgehead atoms. The van der Waals surface area contributed by atoms with Gasteiger partial charge in [-0.15, -0.1) is 0 Å². The topological polar surface area (TPSA) is 88.5 Å². The quantitative estimate of drug-likeness (QED) is 0.659. The maximum atomic E-state index is 9.65. The van der Waals surface area contributed by atoms with Crippen LogP contribution in [-0.4, -0.2) is 30.0 Å². The van der Waals surface area contributed by atoms with E-state index >= 15 is 0 Å². The number of hydrogen-bond acceptors (Lipinski definition) is 5. The lowest BCUT2D eigenvalue weighted by atomic mass is 9.77. The highest BCUT2D eigenvalue weighted by atomic mass is 16.7. The third kappa shape index (κ3) is 3.02. The molecule has 0 saturated carbocycles. The number of hydrogen-bond donors (Lipinski definition) is 2. The Morgan fingerprint density at radius 3 is 2.36 bits per heavy atom. The van der Waals surface area contributed by atoms with Crippen molar-refractivity contribution in [3.63, 3.8) is 0 Å². The molecule has 0 radical (unpaired) electrons. The van der Waals surface area contributed by atoms with Gasteiger partial charge in [-0.25, -0.2) is 0 Å². The number of nitriles is 1. The van der Waals surface area contributed by atoms with Gasteiger partial charge in [-0.1, -0.05) is 12.1 Å². The van der Waals surface area contributed by atoms with Gasteiger partial charge >= 0.3 is 7.12 Å². The molecule has 22 heavy (non-hydrogen) atoms. The molecule has 1 heterocycles. The molecule has 6 heteroatoms. The molecule has 0 spiro atoms. The third-order valence-corrected chi connectivity index (χ3v) is 4.29. The minimum atomic E-state index is -0.605. The molecular formula is C16H21BN2O3. The number of nitrogen functional groups attached to an aromatic ring is 1. The number of aliphatic hydroxyl groups is 1. The second kappa shape index (κ2) is 5.77. The van der Waals surface area contributed by atoms with E-state index in [2.05, 4.69) is 0 Å². The highest BCUT2D eigenvalue weighted by molar-refractivity contribution is 6.55. The fourth-order valence-electron chi connectivity index (χ4n) is 2.17. The maximum absolute atomic E-state index is 9.65. The van der Waals surface area contributed by atoms with Crippen LogP contribution in [-0.2, 0) is 9.31 Å². The third-order valence-electron chi connectivity index (χ3n) is 4.29. The Morgan fingerprint density at radius 1 is 1.32 bits per heavy atom. The summed E-state index contributed by atoms with van der Waals surface area (Å²) in [5, 5.41) is 18.5. The summed E-state index contributed by atoms with van der Waals surface area (Å²) in [5.74, 6) is 0. The van der Waals surface area contributed by atoms with Crippen molar-refractivity contribution in [2.24, 2.45) is 0 Å². The zero-order chi connectivity index (χ0) is 16.5. The van der Waals surface area contributed by atoms with Crippen LogP contribution in [0.1, 0.15) is 38.8 Å². The van der Waals surface area contributed by atoms with Crippen molar-refractivity contribution < 1.29 is 14.4 Å². The van der Waals surface area contributed by atoms with Crippen molar-refractivity contribution in [1.82, 2.24) is 0 Å². The molecule has 0 atom stereocenters. The van der Waals surface area contributed by atoms with Crippen LogP contribution in [0.5, 0.6) is 0 Å². The maximum Gasteiger partial charge on any atom is 0.492 e. The van der Waals surface area contributed by atoms with Crippen molar-refractivity contribution in [3.8, 4) is 6.07 Å². The van der Waals surface area contributed by atoms with Crippen LogP contribution in [0.3, 0.4) is 0 Å². The first-order chi connectivity index (χ1) is 10.2. The van der Waals surface area contributed by atoms with E-state index in [1.54, 1.807) is 24.3 Å². The second-order valence-electron chi connectivity index (χ2n) is 6.42. The van der Waals surface area contributed by atoms with Crippen molar-refractivity contribution in [2.75, 3.05) is 12.3 Å². The van der Waals surface area contributed by atoms with Crippen LogP contribution in [0.25, 0.3) is 6.08 Å². The summed E-state index contributed by atoms with van der Waals surface area (Å²) in [4.78, 5) is 0. The Kier molecular flexibility index (Phi) is 4.34. The Hall–Kier alpha value is -1.81. The van der Waals surface area contributed by atoms with Crippen LogP contribution >= 0.6 is 0 Å². The molecule has 1 aliphatic heterocycles. The largest absolute Gasteiger partial charge is 0.492 e. The van der Waals surface area contributed by atoms with Gasteiger partial charge in [0.15, 0.2) is 0 Å². The lowest BCUT2D eigenvalue weighted by Gasteiger charge is -2.32. The van der Waals surface area contributed by atoms with E-state index < -0.39 is 18.3 Å². The highest BCUT2D eigenvalue weighted by Gasteiger charge is 2.52. The molecule has 116 valence electrons. The summed E-state index contributed by atoms with van der Waals surface area (Å²) < 4.78 is 11.9. The number of nitrogens with two attached hydrogens (primary N) is 1. The lowest BCUT2D eigenvalue weighted by Crippen LogP contribution is -2.41. The van der Waals surface area contributed by atoms with Gasteiger partial charge in [-0.3, -0.25) is 0 Å². The SMILES string of the molecule is CC1(C)OB(C(=Cc2ccc(C#N)c(N)c2)CO)OC1(C)C. The smallest absolute Gasteiger partial charge is 0.400 e. The number of nitrogens with zero attached hydrogens (tertiary/aromatic N) is 1. The molecule has 0 aliphatic carbocycles. The number of benzene rings is 1. The molecule has 1 aromatic rings. The van der Waals surface area contributed by atoms with Crippen LogP contribution in [0.4, 0.5) is 5.69 Å².